The molecule has 182 valence electrons. The van der Waals surface area contributed by atoms with E-state index in [1.165, 1.54) is 0 Å². The van der Waals surface area contributed by atoms with Crippen molar-refractivity contribution in [2.24, 2.45) is 0 Å². The molecule has 1 aliphatic rings. The number of hydrogen-bond acceptors (Lipinski definition) is 8. The molecule has 8 heteroatoms. The first-order valence-electron chi connectivity index (χ1n) is 12.4. The molecule has 0 radical (unpaired) electrons. The first-order chi connectivity index (χ1) is 18.3. The summed E-state index contributed by atoms with van der Waals surface area (Å²) in [4.78, 5) is 23.4. The van der Waals surface area contributed by atoms with E-state index in [1.54, 1.807) is 6.20 Å². The summed E-state index contributed by atoms with van der Waals surface area (Å²) in [5, 5.41) is 11.9. The van der Waals surface area contributed by atoms with Crippen LogP contribution in [0.15, 0.2) is 73.1 Å². The molecule has 5 heterocycles. The number of anilines is 2. The predicted molar refractivity (Wildman–Crippen MR) is 145 cm³/mol. The Bertz CT molecular complexity index is 1610. The molecule has 0 saturated carbocycles. The van der Waals surface area contributed by atoms with E-state index in [9.17, 15) is 5.26 Å². The van der Waals surface area contributed by atoms with Crippen LogP contribution in [0.25, 0.3) is 33.1 Å². The third-order valence-corrected chi connectivity index (χ3v) is 6.65. The summed E-state index contributed by atoms with van der Waals surface area (Å²) in [7, 11) is 0. The summed E-state index contributed by atoms with van der Waals surface area (Å²) < 4.78 is 5.77. The largest absolute Gasteiger partial charge is 0.477 e. The van der Waals surface area contributed by atoms with Gasteiger partial charge in [0.1, 0.15) is 23.3 Å². The maximum atomic E-state index is 10.1. The van der Waals surface area contributed by atoms with Crippen LogP contribution in [-0.4, -0.2) is 52.7 Å². The minimum absolute atomic E-state index is 0.308. The van der Waals surface area contributed by atoms with Gasteiger partial charge in [-0.15, -0.1) is 0 Å². The summed E-state index contributed by atoms with van der Waals surface area (Å²) in [5.41, 5.74) is 3.47. The molecule has 0 spiro atoms. The van der Waals surface area contributed by atoms with E-state index in [0.29, 0.717) is 23.7 Å². The van der Waals surface area contributed by atoms with Crippen LogP contribution in [0.3, 0.4) is 0 Å². The molecular formula is C29H25N7O. The highest BCUT2D eigenvalue weighted by molar-refractivity contribution is 6.04. The molecule has 0 bridgehead atoms. The van der Waals surface area contributed by atoms with Crippen molar-refractivity contribution in [1.29, 1.82) is 5.26 Å². The molecule has 1 saturated heterocycles. The van der Waals surface area contributed by atoms with Crippen molar-refractivity contribution in [3.63, 3.8) is 0 Å². The van der Waals surface area contributed by atoms with Gasteiger partial charge in [-0.25, -0.2) is 15.0 Å². The minimum Gasteiger partial charge on any atom is -0.477 e. The number of rotatable bonds is 5. The zero-order valence-electron chi connectivity index (χ0n) is 20.5. The lowest BCUT2D eigenvalue weighted by atomic mass is 9.97. The predicted octanol–water partition coefficient (Wildman–Crippen LogP) is 4.84. The lowest BCUT2D eigenvalue weighted by Gasteiger charge is -2.36. The van der Waals surface area contributed by atoms with Crippen molar-refractivity contribution in [2.45, 2.75) is 6.92 Å². The Morgan fingerprint density at radius 2 is 1.65 bits per heavy atom. The summed E-state index contributed by atoms with van der Waals surface area (Å²) >= 11 is 0. The first kappa shape index (κ1) is 22.7. The molecule has 5 aromatic rings. The molecule has 1 aromatic carbocycles. The molecule has 1 aliphatic heterocycles. The van der Waals surface area contributed by atoms with Crippen LogP contribution >= 0.6 is 0 Å². The van der Waals surface area contributed by atoms with Gasteiger partial charge in [0.15, 0.2) is 5.65 Å². The van der Waals surface area contributed by atoms with Gasteiger partial charge in [-0.2, -0.15) is 10.2 Å². The molecule has 1 fully saturated rings. The topological polar surface area (TPSA) is 91.1 Å². The van der Waals surface area contributed by atoms with Gasteiger partial charge in [-0.05, 0) is 36.8 Å². The first-order valence-corrected chi connectivity index (χ1v) is 12.4. The molecule has 4 aromatic heterocycles. The third-order valence-electron chi connectivity index (χ3n) is 6.65. The van der Waals surface area contributed by atoms with Gasteiger partial charge in [0, 0.05) is 54.9 Å². The van der Waals surface area contributed by atoms with Crippen LogP contribution < -0.4 is 14.5 Å². The number of benzene rings is 1. The number of aromatic nitrogens is 4. The zero-order chi connectivity index (χ0) is 25.2. The van der Waals surface area contributed by atoms with Crippen molar-refractivity contribution in [1.82, 2.24) is 19.9 Å². The van der Waals surface area contributed by atoms with Crippen LogP contribution in [-0.2, 0) is 0 Å². The second-order valence-electron chi connectivity index (χ2n) is 8.80. The molecule has 0 atom stereocenters. The lowest BCUT2D eigenvalue weighted by Crippen LogP contribution is -2.47. The molecule has 8 nitrogen and oxygen atoms in total. The van der Waals surface area contributed by atoms with Crippen LogP contribution in [0, 0.1) is 11.3 Å². The maximum Gasteiger partial charge on any atom is 0.234 e. The minimum atomic E-state index is 0.308. The average molecular weight is 488 g/mol. The van der Waals surface area contributed by atoms with E-state index in [2.05, 4.69) is 31.9 Å². The second kappa shape index (κ2) is 9.70. The summed E-state index contributed by atoms with van der Waals surface area (Å²) in [6.45, 7) is 5.63. The van der Waals surface area contributed by atoms with E-state index < -0.39 is 0 Å². The number of nitriles is 1. The Morgan fingerprint density at radius 3 is 2.38 bits per heavy atom. The van der Waals surface area contributed by atoms with Crippen LogP contribution in [0.2, 0.25) is 0 Å². The van der Waals surface area contributed by atoms with Crippen molar-refractivity contribution >= 4 is 33.6 Å². The lowest BCUT2D eigenvalue weighted by molar-refractivity contribution is 0.327. The van der Waals surface area contributed by atoms with Crippen LogP contribution in [0.1, 0.15) is 12.5 Å². The Morgan fingerprint density at radius 1 is 0.865 bits per heavy atom. The number of piperazine rings is 1. The fraction of sp³-hybridized carbons (Fsp3) is 0.207. The molecule has 0 unspecified atom stereocenters. The van der Waals surface area contributed by atoms with E-state index in [-0.39, 0.29) is 0 Å². The SMILES string of the molecule is CCOc1nc2nc3ccnc(N4CCN(c5ccccn5)CC4)c3cc2c(-c2ccccc2)c1C#N. The number of hydrogen-bond donors (Lipinski definition) is 0. The molecule has 0 N–H and O–H groups in total. The molecule has 0 aliphatic carbocycles. The normalized spacial score (nSPS) is 13.6. The highest BCUT2D eigenvalue weighted by atomic mass is 16.5. The monoisotopic (exact) mass is 487 g/mol. The number of fused-ring (bicyclic) bond motifs is 2. The van der Waals surface area contributed by atoms with Crippen LogP contribution in [0.5, 0.6) is 5.88 Å². The van der Waals surface area contributed by atoms with Gasteiger partial charge in [0.25, 0.3) is 0 Å². The summed E-state index contributed by atoms with van der Waals surface area (Å²) in [6, 6.07) is 22.2. The van der Waals surface area contributed by atoms with Crippen molar-refractivity contribution in [3.05, 3.63) is 78.6 Å². The van der Waals surface area contributed by atoms with Gasteiger partial charge in [-0.3, -0.25) is 0 Å². The highest BCUT2D eigenvalue weighted by Crippen LogP contribution is 2.38. The number of pyridine rings is 4. The van der Waals surface area contributed by atoms with Gasteiger partial charge < -0.3 is 14.5 Å². The number of nitrogens with zero attached hydrogens (tertiary/aromatic N) is 7. The van der Waals surface area contributed by atoms with Crippen molar-refractivity contribution < 1.29 is 4.74 Å². The van der Waals surface area contributed by atoms with Gasteiger partial charge in [0.2, 0.25) is 5.88 Å². The zero-order valence-corrected chi connectivity index (χ0v) is 20.5. The fourth-order valence-electron chi connectivity index (χ4n) is 4.92. The van der Waals surface area contributed by atoms with E-state index in [1.807, 2.05) is 67.7 Å². The Labute approximate surface area is 214 Å². The quantitative estimate of drug-likeness (QED) is 0.325. The molecule has 6 rings (SSSR count). The Balaban J connectivity index is 1.48. The number of ether oxygens (including phenoxy) is 1. The average Bonchev–Trinajstić information content (AvgIpc) is 2.96. The second-order valence-corrected chi connectivity index (χ2v) is 8.80. The Kier molecular flexibility index (Phi) is 5.95. The molecular weight excluding hydrogens is 462 g/mol. The Hall–Kier alpha value is -4.77. The van der Waals surface area contributed by atoms with E-state index in [0.717, 1.165) is 65.2 Å². The third kappa shape index (κ3) is 4.15. The van der Waals surface area contributed by atoms with E-state index in [4.69, 9.17) is 14.7 Å². The van der Waals surface area contributed by atoms with Crippen molar-refractivity contribution in [2.75, 3.05) is 42.6 Å². The summed E-state index contributed by atoms with van der Waals surface area (Å²) in [6.07, 6.45) is 3.63. The van der Waals surface area contributed by atoms with Gasteiger partial charge in [-0.1, -0.05) is 36.4 Å². The highest BCUT2D eigenvalue weighted by Gasteiger charge is 2.23. The fourth-order valence-corrected chi connectivity index (χ4v) is 4.92. The van der Waals surface area contributed by atoms with Gasteiger partial charge >= 0.3 is 0 Å². The van der Waals surface area contributed by atoms with Crippen LogP contribution in [0.4, 0.5) is 11.6 Å². The maximum absolute atomic E-state index is 10.1. The molecule has 0 amide bonds. The molecule has 37 heavy (non-hydrogen) atoms. The summed E-state index contributed by atoms with van der Waals surface area (Å²) in [5.74, 6) is 2.19. The standard InChI is InChI=1S/C29H25N7O/c1-2-37-29-23(19-30)26(20-8-4-3-5-9-20)22-18-21-24(33-27(22)34-29)11-13-32-28(21)36-16-14-35(15-17-36)25-10-6-7-12-31-25/h3-13,18H,2,14-17H2,1H3. The smallest absolute Gasteiger partial charge is 0.234 e. The van der Waals surface area contributed by atoms with Crippen molar-refractivity contribution in [3.8, 4) is 23.1 Å². The van der Waals surface area contributed by atoms with E-state index >= 15 is 0 Å². The van der Waals surface area contributed by atoms with Gasteiger partial charge in [0.05, 0.1) is 12.1 Å².